The number of hydrogen-bond acceptors (Lipinski definition) is 2. The fraction of sp³-hybridized carbons (Fsp3) is 0.971. The van der Waals surface area contributed by atoms with E-state index in [2.05, 4.69) is 47.1 Å². The lowest BCUT2D eigenvalue weighted by molar-refractivity contribution is -0.890. The molecule has 0 aromatic carbocycles. The second kappa shape index (κ2) is 14.1. The van der Waals surface area contributed by atoms with E-state index < -0.39 is 0 Å². The third-order valence-electron chi connectivity index (χ3n) is 12.9. The Bertz CT molecular complexity index is 789. The van der Waals surface area contributed by atoms with E-state index in [0.29, 0.717) is 23.2 Å². The molecular weight excluding hydrogens is 595 g/mol. The minimum absolute atomic E-state index is 0. The quantitative estimate of drug-likeness (QED) is 0.188. The van der Waals surface area contributed by atoms with Crippen molar-refractivity contribution < 1.29 is 38.4 Å². The number of unbranched alkanes of at least 4 members (excludes halogenated alkanes) is 2. The van der Waals surface area contributed by atoms with Crippen LogP contribution in [0.1, 0.15) is 124 Å². The second-order valence-corrected chi connectivity index (χ2v) is 15.6. The number of quaternary nitrogens is 1. The van der Waals surface area contributed by atoms with Crippen molar-refractivity contribution >= 4 is 5.91 Å². The first-order valence-corrected chi connectivity index (χ1v) is 16.8. The lowest BCUT2D eigenvalue weighted by Gasteiger charge is -2.61. The van der Waals surface area contributed by atoms with Crippen molar-refractivity contribution in [2.24, 2.45) is 46.3 Å². The maximum Gasteiger partial charge on any atom is 0.220 e. The number of carbonyl (C=O) groups is 1. The van der Waals surface area contributed by atoms with E-state index in [1.165, 1.54) is 70.8 Å². The summed E-state index contributed by atoms with van der Waals surface area (Å²) in [6.07, 6.45) is 18.3. The van der Waals surface area contributed by atoms with Gasteiger partial charge in [0.15, 0.2) is 0 Å². The Hall–Kier alpha value is 0.120. The molecule has 39 heavy (non-hydrogen) atoms. The fourth-order valence-corrected chi connectivity index (χ4v) is 10.5. The average molecular weight is 659 g/mol. The Labute approximate surface area is 258 Å². The third kappa shape index (κ3) is 7.56. The van der Waals surface area contributed by atoms with Gasteiger partial charge in [-0.05, 0) is 123 Å². The minimum atomic E-state index is -0.0473. The maximum absolute atomic E-state index is 12.7. The van der Waals surface area contributed by atoms with Gasteiger partial charge in [0.05, 0.1) is 33.3 Å². The molecule has 4 saturated carbocycles. The molecular formula is C34H63IN2O2. The Morgan fingerprint density at radius 1 is 0.949 bits per heavy atom. The first-order chi connectivity index (χ1) is 18.0. The number of aliphatic hydroxyl groups is 1. The van der Waals surface area contributed by atoms with Crippen LogP contribution in [0.5, 0.6) is 0 Å². The number of rotatable bonds is 12. The lowest BCUT2D eigenvalue weighted by Crippen LogP contribution is -3.00. The third-order valence-corrected chi connectivity index (χ3v) is 12.9. The lowest BCUT2D eigenvalue weighted by atomic mass is 9.44. The van der Waals surface area contributed by atoms with Crippen molar-refractivity contribution in [2.45, 2.75) is 130 Å². The molecule has 4 rings (SSSR count). The first kappa shape index (κ1) is 33.6. The predicted molar refractivity (Wildman–Crippen MR) is 159 cm³/mol. The summed E-state index contributed by atoms with van der Waals surface area (Å²) >= 11 is 0. The molecule has 4 aliphatic rings. The summed E-state index contributed by atoms with van der Waals surface area (Å²) in [6.45, 7) is 13.2. The van der Waals surface area contributed by atoms with Gasteiger partial charge in [0, 0.05) is 19.4 Å². The van der Waals surface area contributed by atoms with Crippen molar-refractivity contribution in [3.63, 3.8) is 0 Å². The van der Waals surface area contributed by atoms with Crippen LogP contribution >= 0.6 is 0 Å². The molecule has 4 nitrogen and oxygen atoms in total. The van der Waals surface area contributed by atoms with Crippen LogP contribution in [0.15, 0.2) is 0 Å². The van der Waals surface area contributed by atoms with Gasteiger partial charge in [-0.1, -0.05) is 34.1 Å². The molecule has 9 atom stereocenters. The van der Waals surface area contributed by atoms with E-state index in [1.54, 1.807) is 0 Å². The van der Waals surface area contributed by atoms with Gasteiger partial charge >= 0.3 is 0 Å². The molecule has 0 heterocycles. The van der Waals surface area contributed by atoms with Gasteiger partial charge in [0.2, 0.25) is 5.91 Å². The highest BCUT2D eigenvalue weighted by molar-refractivity contribution is 5.75. The number of carbonyl (C=O) groups excluding carboxylic acids is 1. The van der Waals surface area contributed by atoms with Crippen LogP contribution in [0.3, 0.4) is 0 Å². The minimum Gasteiger partial charge on any atom is -1.00 e. The van der Waals surface area contributed by atoms with E-state index in [1.807, 2.05) is 0 Å². The van der Waals surface area contributed by atoms with E-state index in [4.69, 9.17) is 0 Å². The number of nitrogens with zero attached hydrogens (tertiary/aromatic N) is 1. The van der Waals surface area contributed by atoms with Crippen LogP contribution < -0.4 is 29.3 Å². The standard InChI is InChI=1S/C34H62N2O2.HI/c1-7-8-9-22-36(5,6)23-10-21-35-32(38)16-11-25(2)29-14-15-30-28-13-12-26-24-27(37)17-19-33(26,3)31(28)18-20-34(29,30)4;/h25-31,37H,7-24H2,1-6H3;1H/t25-,26?,27-,28?,29-,30?,31?,33+,34-;/m1./s1. The Morgan fingerprint density at radius 2 is 1.64 bits per heavy atom. The van der Waals surface area contributed by atoms with Crippen LogP contribution in [-0.2, 0) is 4.79 Å². The Balaban J connectivity index is 0.00000420. The molecule has 5 heteroatoms. The number of hydrogen-bond donors (Lipinski definition) is 2. The van der Waals surface area contributed by atoms with Crippen molar-refractivity contribution in [2.75, 3.05) is 33.7 Å². The molecule has 0 aromatic heterocycles. The van der Waals surface area contributed by atoms with Crippen LogP contribution in [0.4, 0.5) is 0 Å². The molecule has 4 unspecified atom stereocenters. The smallest absolute Gasteiger partial charge is 0.220 e. The molecule has 4 aliphatic carbocycles. The molecule has 228 valence electrons. The zero-order chi connectivity index (χ0) is 27.6. The monoisotopic (exact) mass is 658 g/mol. The molecule has 0 aliphatic heterocycles. The molecule has 1 amide bonds. The van der Waals surface area contributed by atoms with Crippen molar-refractivity contribution in [1.29, 1.82) is 0 Å². The molecule has 0 saturated heterocycles. The highest BCUT2D eigenvalue weighted by Crippen LogP contribution is 2.68. The van der Waals surface area contributed by atoms with Gasteiger partial charge in [-0.2, -0.15) is 0 Å². The summed E-state index contributed by atoms with van der Waals surface area (Å²) < 4.78 is 1.07. The van der Waals surface area contributed by atoms with Crippen LogP contribution in [0.25, 0.3) is 0 Å². The fourth-order valence-electron chi connectivity index (χ4n) is 10.5. The topological polar surface area (TPSA) is 49.3 Å². The van der Waals surface area contributed by atoms with Gasteiger partial charge < -0.3 is 38.9 Å². The highest BCUT2D eigenvalue weighted by Gasteiger charge is 2.60. The summed E-state index contributed by atoms with van der Waals surface area (Å²) in [6, 6.07) is 0. The molecule has 0 bridgehead atoms. The molecule has 0 spiro atoms. The van der Waals surface area contributed by atoms with E-state index in [-0.39, 0.29) is 36.0 Å². The molecule has 4 fully saturated rings. The number of aliphatic hydroxyl groups excluding tert-OH is 1. The summed E-state index contributed by atoms with van der Waals surface area (Å²) in [5.74, 6) is 5.09. The van der Waals surface area contributed by atoms with Crippen molar-refractivity contribution in [1.82, 2.24) is 5.32 Å². The summed E-state index contributed by atoms with van der Waals surface area (Å²) in [5, 5.41) is 13.6. The number of fused-ring (bicyclic) bond motifs is 5. The normalized spacial score (nSPS) is 38.6. The van der Waals surface area contributed by atoms with Crippen molar-refractivity contribution in [3.05, 3.63) is 0 Å². The van der Waals surface area contributed by atoms with Crippen LogP contribution in [0, 0.1) is 46.3 Å². The van der Waals surface area contributed by atoms with Crippen LogP contribution in [-0.4, -0.2) is 55.3 Å². The van der Waals surface area contributed by atoms with Gasteiger partial charge in [-0.15, -0.1) is 0 Å². The van der Waals surface area contributed by atoms with Gasteiger partial charge in [0.25, 0.3) is 0 Å². The summed E-state index contributed by atoms with van der Waals surface area (Å²) in [5.41, 5.74) is 0.935. The second-order valence-electron chi connectivity index (χ2n) is 15.6. The van der Waals surface area contributed by atoms with E-state index >= 15 is 0 Å². The van der Waals surface area contributed by atoms with Crippen LogP contribution in [0.2, 0.25) is 0 Å². The number of halogens is 1. The average Bonchev–Trinajstić information content (AvgIpc) is 3.23. The molecule has 0 aromatic rings. The van der Waals surface area contributed by atoms with E-state index in [0.717, 1.165) is 72.8 Å². The Morgan fingerprint density at radius 3 is 2.38 bits per heavy atom. The largest absolute Gasteiger partial charge is 1.00 e. The zero-order valence-electron chi connectivity index (χ0n) is 26.5. The highest BCUT2D eigenvalue weighted by atomic mass is 127. The van der Waals surface area contributed by atoms with Gasteiger partial charge in [0.1, 0.15) is 0 Å². The molecule has 0 radical (unpaired) electrons. The molecule has 2 N–H and O–H groups in total. The van der Waals surface area contributed by atoms with Gasteiger partial charge in [-0.3, -0.25) is 4.79 Å². The Kier molecular flexibility index (Phi) is 12.1. The maximum atomic E-state index is 12.7. The SMILES string of the molecule is CCCCC[N+](C)(C)CCCNC(=O)CC[C@@H](C)[C@H]1CCC2C3CCC4C[C@H](O)CC[C@]4(C)C3CC[C@@]21C.[I-]. The van der Waals surface area contributed by atoms with Crippen molar-refractivity contribution in [3.8, 4) is 0 Å². The van der Waals surface area contributed by atoms with E-state index in [9.17, 15) is 9.90 Å². The predicted octanol–water partition coefficient (Wildman–Crippen LogP) is 4.20. The summed E-state index contributed by atoms with van der Waals surface area (Å²) in [7, 11) is 4.65. The number of amides is 1. The summed E-state index contributed by atoms with van der Waals surface area (Å²) in [4.78, 5) is 12.7. The van der Waals surface area contributed by atoms with Gasteiger partial charge in [-0.25, -0.2) is 0 Å². The first-order valence-electron chi connectivity index (χ1n) is 16.8. The number of nitrogens with one attached hydrogen (secondary N) is 1. The zero-order valence-corrected chi connectivity index (χ0v) is 28.6.